The maximum Gasteiger partial charge on any atom is 0.0720 e. The van der Waals surface area contributed by atoms with Crippen LogP contribution in [0.3, 0.4) is 0 Å². The van der Waals surface area contributed by atoms with E-state index in [1.807, 2.05) is 0 Å². The molecule has 0 amide bonds. The first-order chi connectivity index (χ1) is 6.68. The van der Waals surface area contributed by atoms with Gasteiger partial charge in [-0.2, -0.15) is 0 Å². The Morgan fingerprint density at radius 1 is 1.43 bits per heavy atom. The van der Waals surface area contributed by atoms with Gasteiger partial charge in [-0.05, 0) is 51.8 Å². The van der Waals surface area contributed by atoms with Gasteiger partial charge in [0.05, 0.1) is 13.2 Å². The molecule has 0 bridgehead atoms. The molecule has 0 saturated carbocycles. The summed E-state index contributed by atoms with van der Waals surface area (Å²) < 4.78 is 6.92. The van der Waals surface area contributed by atoms with E-state index in [4.69, 9.17) is 4.74 Å². The minimum absolute atomic E-state index is 0.579. The van der Waals surface area contributed by atoms with Crippen molar-refractivity contribution in [2.75, 3.05) is 6.61 Å². The van der Waals surface area contributed by atoms with Gasteiger partial charge in [-0.3, -0.25) is 0 Å². The molecule has 1 unspecified atom stereocenters. The summed E-state index contributed by atoms with van der Waals surface area (Å²) in [4.78, 5) is 0. The Labute approximate surface area is 99.0 Å². The number of benzene rings is 1. The molecule has 1 atom stereocenters. The maximum absolute atomic E-state index is 5.62. The van der Waals surface area contributed by atoms with Crippen molar-refractivity contribution < 1.29 is 4.74 Å². The van der Waals surface area contributed by atoms with E-state index in [0.29, 0.717) is 11.8 Å². The predicted molar refractivity (Wildman–Crippen MR) is 66.4 cm³/mol. The second kappa shape index (κ2) is 4.19. The average molecular weight is 302 g/mol. The lowest BCUT2D eigenvalue weighted by Crippen LogP contribution is -2.20. The third-order valence-electron chi connectivity index (χ3n) is 2.86. The Kier molecular flexibility index (Phi) is 3.12. The summed E-state index contributed by atoms with van der Waals surface area (Å²) in [6.07, 6.45) is 0. The molecule has 2 rings (SSSR count). The highest BCUT2D eigenvalue weighted by molar-refractivity contribution is 14.1. The van der Waals surface area contributed by atoms with Gasteiger partial charge < -0.3 is 4.74 Å². The van der Waals surface area contributed by atoms with Crippen LogP contribution in [-0.4, -0.2) is 6.61 Å². The second-order valence-corrected chi connectivity index (χ2v) is 5.45. The van der Waals surface area contributed by atoms with Crippen LogP contribution in [0.15, 0.2) is 18.2 Å². The molecule has 1 heterocycles. The van der Waals surface area contributed by atoms with Gasteiger partial charge in [-0.25, -0.2) is 0 Å². The zero-order valence-electron chi connectivity index (χ0n) is 8.59. The highest BCUT2D eigenvalue weighted by atomic mass is 127. The Bertz CT molecular complexity index is 333. The lowest BCUT2D eigenvalue weighted by Gasteiger charge is -2.28. The van der Waals surface area contributed by atoms with Crippen LogP contribution in [0.5, 0.6) is 0 Å². The molecule has 0 saturated heterocycles. The third kappa shape index (κ3) is 1.96. The Morgan fingerprint density at radius 3 is 2.93 bits per heavy atom. The van der Waals surface area contributed by atoms with Gasteiger partial charge in [-0.15, -0.1) is 0 Å². The summed E-state index contributed by atoms with van der Waals surface area (Å²) in [5.74, 6) is 1.24. The molecule has 0 radical (unpaired) electrons. The van der Waals surface area contributed by atoms with Gasteiger partial charge in [0.25, 0.3) is 0 Å². The summed E-state index contributed by atoms with van der Waals surface area (Å²) in [7, 11) is 0. The van der Waals surface area contributed by atoms with E-state index in [1.54, 1.807) is 0 Å². The van der Waals surface area contributed by atoms with Gasteiger partial charge in [0.15, 0.2) is 0 Å². The summed E-state index contributed by atoms with van der Waals surface area (Å²) in [5.41, 5.74) is 2.87. The fourth-order valence-corrected chi connectivity index (χ4v) is 2.55. The molecular weight excluding hydrogens is 287 g/mol. The lowest BCUT2D eigenvalue weighted by molar-refractivity contribution is 0.0792. The average Bonchev–Trinajstić information content (AvgIpc) is 2.16. The highest BCUT2D eigenvalue weighted by Crippen LogP contribution is 2.32. The molecule has 76 valence electrons. The fraction of sp³-hybridized carbons (Fsp3) is 0.500. The maximum atomic E-state index is 5.62. The molecule has 1 aromatic rings. The molecule has 1 aliphatic heterocycles. The molecule has 0 fully saturated rings. The molecule has 2 heteroatoms. The minimum atomic E-state index is 0.579. The predicted octanol–water partition coefficient (Wildman–Crippen LogP) is 3.56. The van der Waals surface area contributed by atoms with Crippen molar-refractivity contribution in [1.29, 1.82) is 0 Å². The van der Waals surface area contributed by atoms with Crippen LogP contribution in [0, 0.1) is 9.49 Å². The molecule has 1 aromatic carbocycles. The van der Waals surface area contributed by atoms with Crippen molar-refractivity contribution in [2.45, 2.75) is 26.4 Å². The van der Waals surface area contributed by atoms with Gasteiger partial charge >= 0.3 is 0 Å². The molecule has 14 heavy (non-hydrogen) atoms. The van der Waals surface area contributed by atoms with Crippen LogP contribution in [0.2, 0.25) is 0 Å². The van der Waals surface area contributed by atoms with Crippen molar-refractivity contribution in [1.82, 2.24) is 0 Å². The van der Waals surface area contributed by atoms with E-state index in [0.717, 1.165) is 13.2 Å². The molecular formula is C12H15IO. The van der Waals surface area contributed by atoms with E-state index < -0.39 is 0 Å². The van der Waals surface area contributed by atoms with Gasteiger partial charge in [0, 0.05) is 9.49 Å². The zero-order chi connectivity index (χ0) is 10.1. The van der Waals surface area contributed by atoms with Gasteiger partial charge in [-0.1, -0.05) is 19.9 Å². The van der Waals surface area contributed by atoms with Crippen LogP contribution in [0.25, 0.3) is 0 Å². The normalized spacial score (nSPS) is 21.0. The van der Waals surface area contributed by atoms with Crippen LogP contribution in [-0.2, 0) is 11.3 Å². The number of rotatable bonds is 1. The Balaban J connectivity index is 2.40. The zero-order valence-corrected chi connectivity index (χ0v) is 10.7. The molecule has 0 N–H and O–H groups in total. The van der Waals surface area contributed by atoms with Crippen molar-refractivity contribution in [3.63, 3.8) is 0 Å². The first-order valence-corrected chi connectivity index (χ1v) is 6.12. The molecule has 0 aromatic heterocycles. The van der Waals surface area contributed by atoms with Gasteiger partial charge in [0.1, 0.15) is 0 Å². The molecule has 1 aliphatic rings. The number of ether oxygens (including phenoxy) is 1. The third-order valence-corrected chi connectivity index (χ3v) is 3.54. The summed E-state index contributed by atoms with van der Waals surface area (Å²) in [6.45, 7) is 6.20. The monoisotopic (exact) mass is 302 g/mol. The molecule has 0 aliphatic carbocycles. The lowest BCUT2D eigenvalue weighted by atomic mass is 9.85. The standard InChI is InChI=1S/C12H15IO/c1-8(2)12-7-14-6-9-5-10(13)3-4-11(9)12/h3-5,8,12H,6-7H2,1-2H3. The van der Waals surface area contributed by atoms with Crippen molar-refractivity contribution in [2.24, 2.45) is 5.92 Å². The van der Waals surface area contributed by atoms with E-state index in [2.05, 4.69) is 54.6 Å². The summed E-state index contributed by atoms with van der Waals surface area (Å²) >= 11 is 2.35. The largest absolute Gasteiger partial charge is 0.376 e. The number of hydrogen-bond donors (Lipinski definition) is 0. The number of hydrogen-bond acceptors (Lipinski definition) is 1. The van der Waals surface area contributed by atoms with E-state index in [1.165, 1.54) is 14.7 Å². The first-order valence-electron chi connectivity index (χ1n) is 5.04. The summed E-state index contributed by atoms with van der Waals surface area (Å²) in [5, 5.41) is 0. The number of fused-ring (bicyclic) bond motifs is 1. The van der Waals surface area contributed by atoms with E-state index >= 15 is 0 Å². The molecule has 0 spiro atoms. The van der Waals surface area contributed by atoms with Crippen molar-refractivity contribution >= 4 is 22.6 Å². The van der Waals surface area contributed by atoms with Crippen LogP contribution in [0.4, 0.5) is 0 Å². The van der Waals surface area contributed by atoms with Crippen molar-refractivity contribution in [3.8, 4) is 0 Å². The number of halogens is 1. The van der Waals surface area contributed by atoms with E-state index in [9.17, 15) is 0 Å². The Hall–Kier alpha value is -0.0900. The summed E-state index contributed by atoms with van der Waals surface area (Å²) in [6, 6.07) is 6.70. The minimum Gasteiger partial charge on any atom is -0.376 e. The van der Waals surface area contributed by atoms with E-state index in [-0.39, 0.29) is 0 Å². The van der Waals surface area contributed by atoms with Gasteiger partial charge in [0.2, 0.25) is 0 Å². The quantitative estimate of drug-likeness (QED) is 0.721. The second-order valence-electron chi connectivity index (χ2n) is 4.21. The topological polar surface area (TPSA) is 9.23 Å². The SMILES string of the molecule is CC(C)C1COCc2cc(I)ccc21. The van der Waals surface area contributed by atoms with Crippen LogP contribution < -0.4 is 0 Å². The van der Waals surface area contributed by atoms with Crippen LogP contribution >= 0.6 is 22.6 Å². The Morgan fingerprint density at radius 2 is 2.21 bits per heavy atom. The molecule has 1 nitrogen and oxygen atoms in total. The fourth-order valence-electron chi connectivity index (χ4n) is 2.00. The van der Waals surface area contributed by atoms with Crippen LogP contribution in [0.1, 0.15) is 30.9 Å². The smallest absolute Gasteiger partial charge is 0.0720 e. The first kappa shape index (κ1) is 10.4. The van der Waals surface area contributed by atoms with Crippen molar-refractivity contribution in [3.05, 3.63) is 32.9 Å². The highest BCUT2D eigenvalue weighted by Gasteiger charge is 2.23.